The molecule has 94 valence electrons. The molecule has 1 aromatic rings. The first-order valence-corrected chi connectivity index (χ1v) is 5.56. The van der Waals surface area contributed by atoms with Crippen LogP contribution in [0.2, 0.25) is 0 Å². The summed E-state index contributed by atoms with van der Waals surface area (Å²) in [5.41, 5.74) is 6.08. The molecule has 0 aliphatic carbocycles. The number of primary amides is 1. The van der Waals surface area contributed by atoms with Gasteiger partial charge in [-0.3, -0.25) is 9.59 Å². The lowest BCUT2D eigenvalue weighted by Crippen LogP contribution is -2.47. The molecule has 0 saturated heterocycles. The fourth-order valence-electron chi connectivity index (χ4n) is 1.49. The summed E-state index contributed by atoms with van der Waals surface area (Å²) in [6.07, 6.45) is 0. The van der Waals surface area contributed by atoms with E-state index in [4.69, 9.17) is 11.0 Å². The Morgan fingerprint density at radius 3 is 2.22 bits per heavy atom. The van der Waals surface area contributed by atoms with Crippen LogP contribution < -0.4 is 11.1 Å². The highest BCUT2D eigenvalue weighted by Crippen LogP contribution is 2.06. The van der Waals surface area contributed by atoms with Gasteiger partial charge in [-0.25, -0.2) is 0 Å². The van der Waals surface area contributed by atoms with E-state index in [1.807, 2.05) is 6.07 Å². The van der Waals surface area contributed by atoms with Crippen molar-refractivity contribution in [3.8, 4) is 6.07 Å². The molecule has 1 unspecified atom stereocenters. The van der Waals surface area contributed by atoms with Crippen LogP contribution in [0.3, 0.4) is 0 Å². The number of benzene rings is 1. The Kier molecular flexibility index (Phi) is 4.44. The molecule has 5 nitrogen and oxygen atoms in total. The second kappa shape index (κ2) is 5.82. The van der Waals surface area contributed by atoms with Gasteiger partial charge in [-0.2, -0.15) is 5.26 Å². The number of nitrogens with one attached hydrogen (secondary N) is 1. The van der Waals surface area contributed by atoms with Gasteiger partial charge in [0.2, 0.25) is 5.91 Å². The van der Waals surface area contributed by atoms with Gasteiger partial charge in [0.05, 0.1) is 11.6 Å². The molecular formula is C13H15N3O2. The molecule has 2 amide bonds. The van der Waals surface area contributed by atoms with Crippen LogP contribution in [0.5, 0.6) is 0 Å². The number of hydrogen-bond donors (Lipinski definition) is 2. The summed E-state index contributed by atoms with van der Waals surface area (Å²) < 4.78 is 0. The number of rotatable bonds is 4. The van der Waals surface area contributed by atoms with Crippen LogP contribution in [0.1, 0.15) is 29.8 Å². The number of nitrogens with zero attached hydrogens (tertiary/aromatic N) is 1. The van der Waals surface area contributed by atoms with Gasteiger partial charge in [0.1, 0.15) is 6.04 Å². The summed E-state index contributed by atoms with van der Waals surface area (Å²) in [5.74, 6) is -1.02. The maximum absolute atomic E-state index is 11.9. The molecule has 0 bridgehead atoms. The minimum absolute atomic E-state index is 0.0789. The Bertz CT molecular complexity index is 486. The summed E-state index contributed by atoms with van der Waals surface area (Å²) in [6, 6.07) is 7.42. The van der Waals surface area contributed by atoms with Crippen molar-refractivity contribution in [3.63, 3.8) is 0 Å². The molecule has 0 saturated carbocycles. The number of hydrogen-bond acceptors (Lipinski definition) is 3. The van der Waals surface area contributed by atoms with E-state index < -0.39 is 11.9 Å². The number of amides is 2. The molecule has 5 heteroatoms. The SMILES string of the molecule is CC(C)C(NC(=O)c1ccc(C#N)cc1)C(N)=O. The van der Waals surface area contributed by atoms with Crippen LogP contribution in [-0.2, 0) is 4.79 Å². The summed E-state index contributed by atoms with van der Waals surface area (Å²) in [7, 11) is 0. The number of carbonyl (C=O) groups excluding carboxylic acids is 2. The first-order chi connectivity index (χ1) is 8.45. The Morgan fingerprint density at radius 2 is 1.83 bits per heavy atom. The largest absolute Gasteiger partial charge is 0.368 e. The molecular weight excluding hydrogens is 230 g/mol. The molecule has 0 fully saturated rings. The quantitative estimate of drug-likeness (QED) is 0.821. The van der Waals surface area contributed by atoms with Crippen molar-refractivity contribution in [2.24, 2.45) is 11.7 Å². The van der Waals surface area contributed by atoms with Crippen LogP contribution in [0.25, 0.3) is 0 Å². The van der Waals surface area contributed by atoms with E-state index in [0.29, 0.717) is 11.1 Å². The molecule has 3 N–H and O–H groups in total. The van der Waals surface area contributed by atoms with E-state index >= 15 is 0 Å². The summed E-state index contributed by atoms with van der Waals surface area (Å²) in [6.45, 7) is 3.60. The van der Waals surface area contributed by atoms with Gasteiger partial charge in [0, 0.05) is 5.56 Å². The zero-order valence-corrected chi connectivity index (χ0v) is 10.3. The number of nitriles is 1. The minimum Gasteiger partial charge on any atom is -0.368 e. The molecule has 0 aliphatic heterocycles. The molecule has 1 atom stereocenters. The predicted octanol–water partition coefficient (Wildman–Crippen LogP) is 0.798. The monoisotopic (exact) mass is 245 g/mol. The lowest BCUT2D eigenvalue weighted by molar-refractivity contribution is -0.120. The summed E-state index contributed by atoms with van der Waals surface area (Å²) in [4.78, 5) is 23.0. The van der Waals surface area contributed by atoms with E-state index in [9.17, 15) is 9.59 Å². The molecule has 18 heavy (non-hydrogen) atoms. The van der Waals surface area contributed by atoms with Crippen molar-refractivity contribution < 1.29 is 9.59 Å². The lowest BCUT2D eigenvalue weighted by atomic mass is 10.0. The summed E-state index contributed by atoms with van der Waals surface area (Å²) >= 11 is 0. The Balaban J connectivity index is 2.81. The Labute approximate surface area is 106 Å². The van der Waals surface area contributed by atoms with E-state index in [1.54, 1.807) is 26.0 Å². The second-order valence-corrected chi connectivity index (χ2v) is 4.29. The van der Waals surface area contributed by atoms with Gasteiger partial charge >= 0.3 is 0 Å². The Hall–Kier alpha value is -2.35. The maximum atomic E-state index is 11.9. The van der Waals surface area contributed by atoms with Gasteiger partial charge < -0.3 is 11.1 Å². The number of nitrogens with two attached hydrogens (primary N) is 1. The highest BCUT2D eigenvalue weighted by Gasteiger charge is 2.22. The second-order valence-electron chi connectivity index (χ2n) is 4.29. The highest BCUT2D eigenvalue weighted by atomic mass is 16.2. The van der Waals surface area contributed by atoms with E-state index in [2.05, 4.69) is 5.32 Å². The van der Waals surface area contributed by atoms with E-state index in [0.717, 1.165) is 0 Å². The van der Waals surface area contributed by atoms with Crippen LogP contribution in [0.15, 0.2) is 24.3 Å². The third kappa shape index (κ3) is 3.32. The molecule has 0 aromatic heterocycles. The van der Waals surface area contributed by atoms with Gasteiger partial charge in [0.15, 0.2) is 0 Å². The van der Waals surface area contributed by atoms with Crippen LogP contribution >= 0.6 is 0 Å². The van der Waals surface area contributed by atoms with Gasteiger partial charge in [0.25, 0.3) is 5.91 Å². The van der Waals surface area contributed by atoms with Crippen molar-refractivity contribution in [1.29, 1.82) is 5.26 Å². The van der Waals surface area contributed by atoms with Crippen LogP contribution in [0.4, 0.5) is 0 Å². The first kappa shape index (κ1) is 13.7. The third-order valence-electron chi connectivity index (χ3n) is 2.54. The standard InChI is InChI=1S/C13H15N3O2/c1-8(2)11(12(15)17)16-13(18)10-5-3-9(7-14)4-6-10/h3-6,8,11H,1-2H3,(H2,15,17)(H,16,18). The Morgan fingerprint density at radius 1 is 1.28 bits per heavy atom. The first-order valence-electron chi connectivity index (χ1n) is 5.56. The van der Waals surface area contributed by atoms with Gasteiger partial charge in [-0.15, -0.1) is 0 Å². The van der Waals surface area contributed by atoms with Crippen molar-refractivity contribution in [1.82, 2.24) is 5.32 Å². The lowest BCUT2D eigenvalue weighted by Gasteiger charge is -2.18. The van der Waals surface area contributed by atoms with Crippen molar-refractivity contribution in [2.75, 3.05) is 0 Å². The molecule has 0 spiro atoms. The predicted molar refractivity (Wildman–Crippen MR) is 66.4 cm³/mol. The number of carbonyl (C=O) groups is 2. The molecule has 0 aliphatic rings. The van der Waals surface area contributed by atoms with E-state index in [-0.39, 0.29) is 11.8 Å². The highest BCUT2D eigenvalue weighted by molar-refractivity contribution is 5.97. The van der Waals surface area contributed by atoms with Crippen LogP contribution in [0, 0.1) is 17.2 Å². The smallest absolute Gasteiger partial charge is 0.251 e. The van der Waals surface area contributed by atoms with E-state index in [1.165, 1.54) is 12.1 Å². The topological polar surface area (TPSA) is 96.0 Å². The molecule has 0 heterocycles. The minimum atomic E-state index is -0.701. The average molecular weight is 245 g/mol. The molecule has 1 aromatic carbocycles. The zero-order valence-electron chi connectivity index (χ0n) is 10.3. The fraction of sp³-hybridized carbons (Fsp3) is 0.308. The normalized spacial score (nSPS) is 11.7. The van der Waals surface area contributed by atoms with Gasteiger partial charge in [-0.1, -0.05) is 13.8 Å². The molecule has 1 rings (SSSR count). The maximum Gasteiger partial charge on any atom is 0.251 e. The summed E-state index contributed by atoms with van der Waals surface area (Å²) in [5, 5.41) is 11.2. The van der Waals surface area contributed by atoms with Gasteiger partial charge in [-0.05, 0) is 30.2 Å². The average Bonchev–Trinajstić information content (AvgIpc) is 2.35. The molecule has 0 radical (unpaired) electrons. The van der Waals surface area contributed by atoms with Crippen molar-refractivity contribution in [2.45, 2.75) is 19.9 Å². The van der Waals surface area contributed by atoms with Crippen molar-refractivity contribution >= 4 is 11.8 Å². The third-order valence-corrected chi connectivity index (χ3v) is 2.54. The van der Waals surface area contributed by atoms with Crippen LogP contribution in [-0.4, -0.2) is 17.9 Å². The fourth-order valence-corrected chi connectivity index (χ4v) is 1.49. The van der Waals surface area contributed by atoms with Crippen molar-refractivity contribution in [3.05, 3.63) is 35.4 Å². The zero-order chi connectivity index (χ0) is 13.7.